The van der Waals surface area contributed by atoms with Crippen molar-refractivity contribution in [2.45, 2.75) is 19.4 Å². The van der Waals surface area contributed by atoms with Gasteiger partial charge in [0.1, 0.15) is 6.10 Å². The lowest BCUT2D eigenvalue weighted by molar-refractivity contribution is -0.140. The van der Waals surface area contributed by atoms with Crippen molar-refractivity contribution in [1.82, 2.24) is 0 Å². The van der Waals surface area contributed by atoms with Gasteiger partial charge in [-0.2, -0.15) is 0 Å². The molecule has 0 radical (unpaired) electrons. The van der Waals surface area contributed by atoms with Gasteiger partial charge in [0.05, 0.1) is 18.9 Å². The number of hydrogen-bond acceptors (Lipinski definition) is 3. The zero-order valence-corrected chi connectivity index (χ0v) is 6.58. The van der Waals surface area contributed by atoms with Crippen LogP contribution in [-0.4, -0.2) is 12.1 Å². The van der Waals surface area contributed by atoms with Gasteiger partial charge in [0.2, 0.25) is 0 Å². The van der Waals surface area contributed by atoms with Crippen LogP contribution in [0.15, 0.2) is 25.7 Å². The van der Waals surface area contributed by atoms with Crippen molar-refractivity contribution in [3.63, 3.8) is 0 Å². The highest BCUT2D eigenvalue weighted by molar-refractivity contribution is 5.70. The molecule has 1 unspecified atom stereocenters. The van der Waals surface area contributed by atoms with Gasteiger partial charge < -0.3 is 9.47 Å². The van der Waals surface area contributed by atoms with Crippen LogP contribution in [0.4, 0.5) is 0 Å². The Morgan fingerprint density at radius 3 is 2.64 bits per heavy atom. The summed E-state index contributed by atoms with van der Waals surface area (Å²) < 4.78 is 9.36. The minimum Gasteiger partial charge on any atom is -0.498 e. The van der Waals surface area contributed by atoms with Crippen molar-refractivity contribution in [3.8, 4) is 0 Å². The zero-order chi connectivity index (χ0) is 8.69. The van der Waals surface area contributed by atoms with Crippen LogP contribution < -0.4 is 0 Å². The molecule has 0 amide bonds. The fraction of sp³-hybridized carbons (Fsp3) is 0.375. The van der Waals surface area contributed by atoms with Gasteiger partial charge in [-0.1, -0.05) is 13.2 Å². The van der Waals surface area contributed by atoms with Gasteiger partial charge in [0.25, 0.3) is 0 Å². The minimum absolute atomic E-state index is 0.194. The third-order valence-corrected chi connectivity index (χ3v) is 0.997. The van der Waals surface area contributed by atoms with Crippen LogP contribution in [0.5, 0.6) is 0 Å². The molecule has 0 aliphatic carbocycles. The summed E-state index contributed by atoms with van der Waals surface area (Å²) in [6.45, 7) is 8.37. The Bertz CT molecular complexity index is 151. The Morgan fingerprint density at radius 2 is 2.18 bits per heavy atom. The second-order valence-corrected chi connectivity index (χ2v) is 1.97. The predicted octanol–water partition coefficient (Wildman–Crippen LogP) is 1.61. The number of ether oxygens (including phenoxy) is 2. The molecule has 0 saturated carbocycles. The quantitative estimate of drug-likeness (QED) is 0.448. The van der Waals surface area contributed by atoms with E-state index in [1.807, 2.05) is 0 Å². The first-order chi connectivity index (χ1) is 5.20. The molecule has 3 nitrogen and oxygen atoms in total. The molecule has 0 aromatic rings. The van der Waals surface area contributed by atoms with E-state index in [0.29, 0.717) is 0 Å². The molecule has 0 aliphatic heterocycles. The molecule has 0 aromatic heterocycles. The molecule has 0 aliphatic rings. The summed E-state index contributed by atoms with van der Waals surface area (Å²) in [5.74, 6) is -0.352. The predicted molar refractivity (Wildman–Crippen MR) is 41.7 cm³/mol. The van der Waals surface area contributed by atoms with E-state index in [1.54, 1.807) is 6.92 Å². The van der Waals surface area contributed by atoms with Crippen LogP contribution >= 0.6 is 0 Å². The smallest absolute Gasteiger partial charge is 0.314 e. The van der Waals surface area contributed by atoms with Crippen LogP contribution in [0.1, 0.15) is 13.3 Å². The van der Waals surface area contributed by atoms with E-state index in [0.717, 1.165) is 6.26 Å². The summed E-state index contributed by atoms with van der Waals surface area (Å²) in [5.41, 5.74) is 0. The van der Waals surface area contributed by atoms with Crippen LogP contribution in [0, 0.1) is 0 Å². The number of carbonyl (C=O) groups excluding carboxylic acids is 1. The molecule has 0 N–H and O–H groups in total. The van der Waals surface area contributed by atoms with E-state index >= 15 is 0 Å². The maximum atomic E-state index is 10.7. The van der Waals surface area contributed by atoms with Gasteiger partial charge in [-0.05, 0) is 6.92 Å². The first-order valence-corrected chi connectivity index (χ1v) is 3.27. The van der Waals surface area contributed by atoms with Crippen molar-refractivity contribution in [3.05, 3.63) is 25.7 Å². The third-order valence-electron chi connectivity index (χ3n) is 0.997. The highest BCUT2D eigenvalue weighted by Gasteiger charge is 2.08. The molecule has 0 spiro atoms. The van der Waals surface area contributed by atoms with Gasteiger partial charge in [0, 0.05) is 0 Å². The molecular weight excluding hydrogens is 144 g/mol. The average molecular weight is 156 g/mol. The van der Waals surface area contributed by atoms with Gasteiger partial charge >= 0.3 is 5.97 Å². The van der Waals surface area contributed by atoms with E-state index in [4.69, 9.17) is 4.74 Å². The largest absolute Gasteiger partial charge is 0.498 e. The Hall–Kier alpha value is -1.25. The first-order valence-electron chi connectivity index (χ1n) is 3.27. The standard InChI is InChI=1S/C8H12O3/c1-4-10-7(3)6-8(9)11-5-2/h4-5,7H,1-2,6H2,3H3. The Kier molecular flexibility index (Phi) is 4.90. The SMILES string of the molecule is C=COC(=O)CC(C)OC=C. The van der Waals surface area contributed by atoms with Crippen molar-refractivity contribution in [2.75, 3.05) is 0 Å². The van der Waals surface area contributed by atoms with E-state index in [-0.39, 0.29) is 18.5 Å². The van der Waals surface area contributed by atoms with Gasteiger partial charge in [-0.3, -0.25) is 4.79 Å². The summed E-state index contributed by atoms with van der Waals surface area (Å²) in [6.07, 6.45) is 2.41. The molecule has 11 heavy (non-hydrogen) atoms. The Balaban J connectivity index is 3.55. The maximum absolute atomic E-state index is 10.7. The maximum Gasteiger partial charge on any atom is 0.314 e. The highest BCUT2D eigenvalue weighted by Crippen LogP contribution is 1.99. The molecular formula is C8H12O3. The number of esters is 1. The topological polar surface area (TPSA) is 35.5 Å². The average Bonchev–Trinajstić information content (AvgIpc) is 1.87. The summed E-state index contributed by atoms with van der Waals surface area (Å²) >= 11 is 0. The van der Waals surface area contributed by atoms with Crippen LogP contribution in [0.3, 0.4) is 0 Å². The van der Waals surface area contributed by atoms with Crippen molar-refractivity contribution in [2.24, 2.45) is 0 Å². The fourth-order valence-corrected chi connectivity index (χ4v) is 0.588. The molecule has 3 heteroatoms. The lowest BCUT2D eigenvalue weighted by Crippen LogP contribution is -2.12. The molecule has 0 aromatic carbocycles. The lowest BCUT2D eigenvalue weighted by Gasteiger charge is -2.08. The molecule has 0 saturated heterocycles. The molecule has 0 heterocycles. The van der Waals surface area contributed by atoms with E-state index in [2.05, 4.69) is 17.9 Å². The highest BCUT2D eigenvalue weighted by atomic mass is 16.5. The molecule has 1 atom stereocenters. The summed E-state index contributed by atoms with van der Waals surface area (Å²) in [4.78, 5) is 10.7. The van der Waals surface area contributed by atoms with Crippen molar-refractivity contribution in [1.29, 1.82) is 0 Å². The lowest BCUT2D eigenvalue weighted by atomic mass is 10.3. The van der Waals surface area contributed by atoms with Gasteiger partial charge in [0.15, 0.2) is 0 Å². The third kappa shape index (κ3) is 5.21. The monoisotopic (exact) mass is 156 g/mol. The molecule has 0 rings (SSSR count). The summed E-state index contributed by atoms with van der Waals surface area (Å²) in [6, 6.07) is 0. The zero-order valence-electron chi connectivity index (χ0n) is 6.58. The number of hydrogen-bond donors (Lipinski definition) is 0. The fourth-order valence-electron chi connectivity index (χ4n) is 0.588. The summed E-state index contributed by atoms with van der Waals surface area (Å²) in [7, 11) is 0. The Morgan fingerprint density at radius 1 is 1.55 bits per heavy atom. The molecule has 0 bridgehead atoms. The van der Waals surface area contributed by atoms with Crippen molar-refractivity contribution < 1.29 is 14.3 Å². The van der Waals surface area contributed by atoms with E-state index in [9.17, 15) is 4.79 Å². The van der Waals surface area contributed by atoms with Gasteiger partial charge in [-0.15, -0.1) is 0 Å². The van der Waals surface area contributed by atoms with Crippen molar-refractivity contribution >= 4 is 5.97 Å². The molecule has 0 fully saturated rings. The van der Waals surface area contributed by atoms with Gasteiger partial charge in [-0.25, -0.2) is 0 Å². The second kappa shape index (κ2) is 5.53. The summed E-state index contributed by atoms with van der Waals surface area (Å²) in [5, 5.41) is 0. The van der Waals surface area contributed by atoms with E-state index < -0.39 is 0 Å². The minimum atomic E-state index is -0.352. The van der Waals surface area contributed by atoms with Crippen LogP contribution in [0.25, 0.3) is 0 Å². The van der Waals surface area contributed by atoms with Crippen LogP contribution in [0.2, 0.25) is 0 Å². The molecule has 62 valence electrons. The Labute approximate surface area is 66.3 Å². The first kappa shape index (κ1) is 9.75. The second-order valence-electron chi connectivity index (χ2n) is 1.97. The number of carbonyl (C=O) groups is 1. The normalized spacial score (nSPS) is 11.4. The van der Waals surface area contributed by atoms with E-state index in [1.165, 1.54) is 6.26 Å². The number of rotatable bonds is 5. The van der Waals surface area contributed by atoms with Crippen LogP contribution in [-0.2, 0) is 14.3 Å².